The second-order valence-electron chi connectivity index (χ2n) is 7.34. The van der Waals surface area contributed by atoms with E-state index in [1.54, 1.807) is 0 Å². The van der Waals surface area contributed by atoms with Crippen molar-refractivity contribution in [3.05, 3.63) is 24.4 Å². The molecule has 1 aliphatic heterocycles. The molecule has 5 nitrogen and oxygen atoms in total. The fourth-order valence-corrected chi connectivity index (χ4v) is 5.56. The van der Waals surface area contributed by atoms with Crippen molar-refractivity contribution in [1.29, 1.82) is 0 Å². The first-order valence-electron chi connectivity index (χ1n) is 10.1. The minimum atomic E-state index is 0.487. The lowest BCUT2D eigenvalue weighted by Gasteiger charge is -2.45. The van der Waals surface area contributed by atoms with E-state index >= 15 is 0 Å². The van der Waals surface area contributed by atoms with Crippen molar-refractivity contribution in [3.8, 4) is 0 Å². The van der Waals surface area contributed by atoms with Gasteiger partial charge in [0.2, 0.25) is 0 Å². The Morgan fingerprint density at radius 1 is 1.23 bits per heavy atom. The molecule has 0 amide bonds. The van der Waals surface area contributed by atoms with Gasteiger partial charge in [-0.25, -0.2) is 4.98 Å². The van der Waals surface area contributed by atoms with Crippen LogP contribution in [0.2, 0.25) is 0 Å². The van der Waals surface area contributed by atoms with Gasteiger partial charge in [-0.05, 0) is 37.8 Å². The van der Waals surface area contributed by atoms with Gasteiger partial charge in [0.05, 0.1) is 0 Å². The molecule has 2 N–H and O–H groups in total. The molecule has 0 aromatic carbocycles. The summed E-state index contributed by atoms with van der Waals surface area (Å²) >= 11 is 2.21. The van der Waals surface area contributed by atoms with Crippen LogP contribution >= 0.6 is 11.8 Å². The van der Waals surface area contributed by atoms with E-state index in [0.717, 1.165) is 44.3 Å². The number of unbranched alkanes of at least 4 members (excludes halogenated alkanes) is 1. The molecule has 3 rings (SSSR count). The van der Waals surface area contributed by atoms with Crippen LogP contribution in [0.15, 0.2) is 29.4 Å². The minimum absolute atomic E-state index is 0.487. The number of anilines is 1. The monoisotopic (exact) mass is 375 g/mol. The predicted molar refractivity (Wildman–Crippen MR) is 113 cm³/mol. The van der Waals surface area contributed by atoms with Gasteiger partial charge in [0.15, 0.2) is 5.96 Å². The molecule has 144 valence electrons. The summed E-state index contributed by atoms with van der Waals surface area (Å²) in [6.45, 7) is 4.22. The number of nitrogens with one attached hydrogen (secondary N) is 2. The van der Waals surface area contributed by atoms with Crippen molar-refractivity contribution in [1.82, 2.24) is 15.2 Å². The Bertz CT molecular complexity index is 551. The van der Waals surface area contributed by atoms with Crippen LogP contribution in [-0.4, -0.2) is 59.6 Å². The number of guanidine groups is 1. The van der Waals surface area contributed by atoms with Crippen molar-refractivity contribution >= 4 is 23.5 Å². The zero-order valence-corrected chi connectivity index (χ0v) is 16.9. The molecular weight excluding hydrogens is 342 g/mol. The van der Waals surface area contributed by atoms with E-state index in [1.807, 2.05) is 31.4 Å². The maximum atomic E-state index is 4.55. The maximum Gasteiger partial charge on any atom is 0.193 e. The third kappa shape index (κ3) is 5.53. The summed E-state index contributed by atoms with van der Waals surface area (Å²) in [5.74, 6) is 3.28. The molecule has 1 aliphatic carbocycles. The average molecular weight is 376 g/mol. The van der Waals surface area contributed by atoms with Gasteiger partial charge in [-0.1, -0.05) is 25.3 Å². The number of aliphatic imine (C=N–C) groups is 1. The normalized spacial score (nSPS) is 20.2. The first-order valence-corrected chi connectivity index (χ1v) is 11.0. The summed E-state index contributed by atoms with van der Waals surface area (Å²) in [7, 11) is 1.92. The van der Waals surface area contributed by atoms with Gasteiger partial charge in [-0.3, -0.25) is 4.99 Å². The largest absolute Gasteiger partial charge is 0.370 e. The molecular formula is C20H33N5S. The Kier molecular flexibility index (Phi) is 7.47. The second-order valence-corrected chi connectivity index (χ2v) is 8.90. The summed E-state index contributed by atoms with van der Waals surface area (Å²) in [4.78, 5) is 11.3. The lowest BCUT2D eigenvalue weighted by molar-refractivity contribution is 0.293. The molecule has 0 radical (unpaired) electrons. The summed E-state index contributed by atoms with van der Waals surface area (Å²) in [6.07, 6.45) is 11.1. The zero-order valence-electron chi connectivity index (χ0n) is 16.0. The van der Waals surface area contributed by atoms with Crippen LogP contribution in [0.5, 0.6) is 0 Å². The molecule has 2 fully saturated rings. The number of rotatable bonds is 6. The molecule has 1 saturated carbocycles. The van der Waals surface area contributed by atoms with Crippen LogP contribution < -0.4 is 10.6 Å². The lowest BCUT2D eigenvalue weighted by Crippen LogP contribution is -2.53. The van der Waals surface area contributed by atoms with Gasteiger partial charge < -0.3 is 15.5 Å². The van der Waals surface area contributed by atoms with Crippen LogP contribution in [0.25, 0.3) is 0 Å². The molecule has 1 spiro atoms. The predicted octanol–water partition coefficient (Wildman–Crippen LogP) is 3.60. The third-order valence-electron chi connectivity index (χ3n) is 5.38. The number of hydrogen-bond donors (Lipinski definition) is 2. The first-order chi connectivity index (χ1) is 12.8. The summed E-state index contributed by atoms with van der Waals surface area (Å²) in [6, 6.07) is 5.96. The highest BCUT2D eigenvalue weighted by atomic mass is 32.2. The molecule has 1 aromatic rings. The Balaban J connectivity index is 1.36. The summed E-state index contributed by atoms with van der Waals surface area (Å²) < 4.78 is 0.487. The third-order valence-corrected chi connectivity index (χ3v) is 6.92. The number of pyridine rings is 1. The summed E-state index contributed by atoms with van der Waals surface area (Å²) in [5.41, 5.74) is 0. The molecule has 0 atom stereocenters. The highest BCUT2D eigenvalue weighted by Crippen LogP contribution is 2.42. The van der Waals surface area contributed by atoms with E-state index in [9.17, 15) is 0 Å². The van der Waals surface area contributed by atoms with Gasteiger partial charge in [-0.15, -0.1) is 0 Å². The molecule has 0 bridgehead atoms. The number of thioether (sulfide) groups is 1. The van der Waals surface area contributed by atoms with Crippen LogP contribution in [0.4, 0.5) is 5.82 Å². The Hall–Kier alpha value is -1.43. The zero-order chi connectivity index (χ0) is 18.1. The van der Waals surface area contributed by atoms with E-state index in [2.05, 4.69) is 37.3 Å². The van der Waals surface area contributed by atoms with Crippen molar-refractivity contribution in [2.45, 2.75) is 49.7 Å². The van der Waals surface area contributed by atoms with Crippen LogP contribution in [0.1, 0.15) is 44.9 Å². The lowest BCUT2D eigenvalue weighted by atomic mass is 9.87. The number of aromatic nitrogens is 1. The highest BCUT2D eigenvalue weighted by Gasteiger charge is 2.38. The van der Waals surface area contributed by atoms with Crippen molar-refractivity contribution in [3.63, 3.8) is 0 Å². The van der Waals surface area contributed by atoms with Crippen LogP contribution in [0, 0.1) is 0 Å². The van der Waals surface area contributed by atoms with E-state index < -0.39 is 0 Å². The van der Waals surface area contributed by atoms with Crippen LogP contribution in [0.3, 0.4) is 0 Å². The van der Waals surface area contributed by atoms with Crippen LogP contribution in [-0.2, 0) is 0 Å². The van der Waals surface area contributed by atoms with E-state index in [1.165, 1.54) is 44.4 Å². The minimum Gasteiger partial charge on any atom is -0.370 e. The molecule has 2 heterocycles. The molecule has 6 heteroatoms. The van der Waals surface area contributed by atoms with Gasteiger partial charge in [-0.2, -0.15) is 11.8 Å². The van der Waals surface area contributed by atoms with Gasteiger partial charge >= 0.3 is 0 Å². The Labute approximate surface area is 162 Å². The quantitative estimate of drug-likeness (QED) is 0.452. The standard InChI is InChI=1S/C20H33N5S/c1-21-19(24-14-8-7-13-23-18-9-3-6-12-22-18)25-15-16-26-20(17-25)10-4-2-5-11-20/h3,6,9,12H,2,4-5,7-8,10-11,13-17H2,1H3,(H,21,24)(H,22,23). The Morgan fingerprint density at radius 3 is 2.85 bits per heavy atom. The SMILES string of the molecule is CN=C(NCCCCNc1ccccn1)N1CCSC2(CCCCC2)C1. The molecule has 1 saturated heterocycles. The number of hydrogen-bond acceptors (Lipinski definition) is 4. The van der Waals surface area contributed by atoms with E-state index in [4.69, 9.17) is 0 Å². The smallest absolute Gasteiger partial charge is 0.193 e. The van der Waals surface area contributed by atoms with E-state index in [0.29, 0.717) is 4.75 Å². The fourth-order valence-electron chi connectivity index (χ4n) is 3.99. The fraction of sp³-hybridized carbons (Fsp3) is 0.700. The molecule has 1 aromatic heterocycles. The number of nitrogens with zero attached hydrogens (tertiary/aromatic N) is 3. The van der Waals surface area contributed by atoms with E-state index in [-0.39, 0.29) is 0 Å². The van der Waals surface area contributed by atoms with Gasteiger partial charge in [0.25, 0.3) is 0 Å². The topological polar surface area (TPSA) is 52.6 Å². The average Bonchev–Trinajstić information content (AvgIpc) is 2.69. The Morgan fingerprint density at radius 2 is 2.08 bits per heavy atom. The maximum absolute atomic E-state index is 4.55. The van der Waals surface area contributed by atoms with Crippen molar-refractivity contribution in [2.24, 2.45) is 4.99 Å². The molecule has 26 heavy (non-hydrogen) atoms. The van der Waals surface area contributed by atoms with Crippen molar-refractivity contribution < 1.29 is 0 Å². The molecule has 2 aliphatic rings. The second kappa shape index (κ2) is 10.0. The van der Waals surface area contributed by atoms with Crippen molar-refractivity contribution in [2.75, 3.05) is 44.3 Å². The summed E-state index contributed by atoms with van der Waals surface area (Å²) in [5, 5.41) is 6.95. The highest BCUT2D eigenvalue weighted by molar-refractivity contribution is 8.00. The molecule has 0 unspecified atom stereocenters. The van der Waals surface area contributed by atoms with Gasteiger partial charge in [0.1, 0.15) is 5.82 Å². The van der Waals surface area contributed by atoms with Gasteiger partial charge in [0, 0.05) is 49.9 Å². The first kappa shape index (κ1) is 19.3.